The van der Waals surface area contributed by atoms with Gasteiger partial charge in [0, 0.05) is 39.3 Å². The molecule has 1 amide bonds. The minimum absolute atomic E-state index is 0.00284. The van der Waals surface area contributed by atoms with Crippen LogP contribution >= 0.6 is 24.0 Å². The molecule has 156 valence electrons. The number of nitrogens with zero attached hydrogens (tertiary/aromatic N) is 3. The average Bonchev–Trinajstić information content (AvgIpc) is 2.66. The van der Waals surface area contributed by atoms with Crippen LogP contribution in [0.25, 0.3) is 0 Å². The normalized spacial score (nSPS) is 15.5. The molecule has 1 fully saturated rings. The number of hydrogen-bond acceptors (Lipinski definition) is 5. The van der Waals surface area contributed by atoms with E-state index in [1.807, 2.05) is 44.7 Å². The number of benzene rings is 1. The van der Waals surface area contributed by atoms with Crippen molar-refractivity contribution in [3.05, 3.63) is 29.3 Å². The summed E-state index contributed by atoms with van der Waals surface area (Å²) in [5.41, 5.74) is 1.78. The Bertz CT molecular complexity index is 815. The van der Waals surface area contributed by atoms with E-state index in [9.17, 15) is 13.2 Å². The van der Waals surface area contributed by atoms with Crippen molar-refractivity contribution in [1.82, 2.24) is 14.1 Å². The smallest absolute Gasteiger partial charge is 0.243 e. The van der Waals surface area contributed by atoms with Crippen molar-refractivity contribution in [2.45, 2.75) is 32.6 Å². The Morgan fingerprint density at radius 3 is 2.29 bits per heavy atom. The first-order valence-electron chi connectivity index (χ1n) is 9.47. The highest BCUT2D eigenvalue weighted by molar-refractivity contribution is 8.23. The Hall–Kier alpha value is -1.16. The molecule has 1 saturated heterocycles. The number of sulfonamides is 1. The summed E-state index contributed by atoms with van der Waals surface area (Å²) in [4.78, 5) is 16.6. The van der Waals surface area contributed by atoms with Gasteiger partial charge in [-0.1, -0.05) is 41.7 Å². The fourth-order valence-corrected chi connectivity index (χ4v) is 6.13. The van der Waals surface area contributed by atoms with Gasteiger partial charge in [-0.25, -0.2) is 8.42 Å². The molecule has 0 bridgehead atoms. The first kappa shape index (κ1) is 23.1. The second-order valence-corrected chi connectivity index (χ2v) is 10.3. The zero-order chi connectivity index (χ0) is 20.9. The van der Waals surface area contributed by atoms with Crippen molar-refractivity contribution in [1.29, 1.82) is 0 Å². The van der Waals surface area contributed by atoms with Crippen LogP contribution in [-0.2, 0) is 14.8 Å². The highest BCUT2D eigenvalue weighted by atomic mass is 32.2. The molecule has 1 aromatic rings. The molecule has 1 aromatic carbocycles. The van der Waals surface area contributed by atoms with E-state index >= 15 is 0 Å². The third kappa shape index (κ3) is 5.46. The van der Waals surface area contributed by atoms with E-state index in [0.717, 1.165) is 28.5 Å². The van der Waals surface area contributed by atoms with Crippen molar-refractivity contribution < 1.29 is 13.2 Å². The maximum Gasteiger partial charge on any atom is 0.243 e. The highest BCUT2D eigenvalue weighted by Crippen LogP contribution is 2.22. The predicted molar refractivity (Wildman–Crippen MR) is 119 cm³/mol. The third-order valence-corrected chi connectivity index (χ3v) is 8.45. The standard InChI is InChI=1S/C19H29N3O3S3/c1-5-20(6-2)19(26)27-14-18(23)21-9-11-22(12-10-21)28(24,25)17-8-7-15(3)13-16(17)4/h7-8,13H,5-6,9-12,14H2,1-4H3. The average molecular weight is 444 g/mol. The topological polar surface area (TPSA) is 60.9 Å². The molecule has 1 heterocycles. The van der Waals surface area contributed by atoms with Crippen LogP contribution in [0.2, 0.25) is 0 Å². The molecule has 0 unspecified atom stereocenters. The van der Waals surface area contributed by atoms with Gasteiger partial charge >= 0.3 is 0 Å². The van der Waals surface area contributed by atoms with E-state index in [0.29, 0.717) is 36.8 Å². The van der Waals surface area contributed by atoms with Crippen molar-refractivity contribution in [3.63, 3.8) is 0 Å². The van der Waals surface area contributed by atoms with Crippen molar-refractivity contribution in [2.24, 2.45) is 0 Å². The first-order valence-corrected chi connectivity index (χ1v) is 12.3. The maximum atomic E-state index is 12.9. The van der Waals surface area contributed by atoms with Crippen LogP contribution in [-0.4, -0.2) is 77.8 Å². The van der Waals surface area contributed by atoms with Crippen LogP contribution in [0.15, 0.2) is 23.1 Å². The molecule has 0 aromatic heterocycles. The molecule has 1 aliphatic heterocycles. The number of carbonyl (C=O) groups excluding carboxylic acids is 1. The minimum atomic E-state index is -3.54. The largest absolute Gasteiger partial charge is 0.358 e. The molecule has 1 aliphatic rings. The number of piperazine rings is 1. The van der Waals surface area contributed by atoms with Crippen molar-refractivity contribution >= 4 is 44.2 Å². The summed E-state index contributed by atoms with van der Waals surface area (Å²) in [7, 11) is -3.54. The van der Waals surface area contributed by atoms with Gasteiger partial charge in [-0.15, -0.1) is 0 Å². The summed E-state index contributed by atoms with van der Waals surface area (Å²) in [5.74, 6) is 0.294. The lowest BCUT2D eigenvalue weighted by Gasteiger charge is -2.34. The van der Waals surface area contributed by atoms with Crippen molar-refractivity contribution in [3.8, 4) is 0 Å². The molecule has 0 radical (unpaired) electrons. The maximum absolute atomic E-state index is 12.9. The van der Waals surface area contributed by atoms with Gasteiger partial charge in [-0.05, 0) is 39.3 Å². The summed E-state index contributed by atoms with van der Waals surface area (Å²) < 4.78 is 28.1. The van der Waals surface area contributed by atoms with Crippen LogP contribution in [0.4, 0.5) is 0 Å². The van der Waals surface area contributed by atoms with E-state index in [4.69, 9.17) is 12.2 Å². The molecule has 0 aliphatic carbocycles. The van der Waals surface area contributed by atoms with E-state index in [1.165, 1.54) is 16.1 Å². The Kier molecular flexibility index (Phi) is 8.30. The third-order valence-electron chi connectivity index (χ3n) is 4.88. The molecule has 0 saturated carbocycles. The molecule has 0 atom stereocenters. The fraction of sp³-hybridized carbons (Fsp3) is 0.579. The monoisotopic (exact) mass is 443 g/mol. The van der Waals surface area contributed by atoms with Gasteiger partial charge in [0.1, 0.15) is 4.32 Å². The summed E-state index contributed by atoms with van der Waals surface area (Å²) in [6, 6.07) is 5.36. The van der Waals surface area contributed by atoms with Crippen LogP contribution in [0.3, 0.4) is 0 Å². The lowest BCUT2D eigenvalue weighted by atomic mass is 10.2. The number of amides is 1. The van der Waals surface area contributed by atoms with Gasteiger partial charge < -0.3 is 9.80 Å². The molecule has 2 rings (SSSR count). The van der Waals surface area contributed by atoms with E-state index in [-0.39, 0.29) is 5.91 Å². The predicted octanol–water partition coefficient (Wildman–Crippen LogP) is 2.50. The second kappa shape index (κ2) is 10.0. The second-order valence-electron chi connectivity index (χ2n) is 6.78. The molecular weight excluding hydrogens is 414 g/mol. The molecule has 9 heteroatoms. The quantitative estimate of drug-likeness (QED) is 0.630. The van der Waals surface area contributed by atoms with Crippen LogP contribution in [0.5, 0.6) is 0 Å². The molecule has 0 N–H and O–H groups in total. The summed E-state index contributed by atoms with van der Waals surface area (Å²) in [6.07, 6.45) is 0. The lowest BCUT2D eigenvalue weighted by molar-refractivity contribution is -0.129. The lowest BCUT2D eigenvalue weighted by Crippen LogP contribution is -2.51. The van der Waals surface area contributed by atoms with Crippen molar-refractivity contribution in [2.75, 3.05) is 45.0 Å². The summed E-state index contributed by atoms with van der Waals surface area (Å²) >= 11 is 6.74. The number of thiocarbonyl (C=S) groups is 1. The van der Waals surface area contributed by atoms with Crippen LogP contribution in [0, 0.1) is 13.8 Å². The number of carbonyl (C=O) groups is 1. The Labute approximate surface area is 178 Å². The van der Waals surface area contributed by atoms with Gasteiger partial charge in [0.05, 0.1) is 10.6 Å². The first-order chi connectivity index (χ1) is 13.2. The summed E-state index contributed by atoms with van der Waals surface area (Å²) in [6.45, 7) is 10.9. The van der Waals surface area contributed by atoms with E-state index < -0.39 is 10.0 Å². The van der Waals surface area contributed by atoms with E-state index in [2.05, 4.69) is 0 Å². The van der Waals surface area contributed by atoms with Gasteiger partial charge in [0.25, 0.3) is 0 Å². The number of rotatable bonds is 6. The molecule has 6 nitrogen and oxygen atoms in total. The SMILES string of the molecule is CCN(CC)C(=S)SCC(=O)N1CCN(S(=O)(=O)c2ccc(C)cc2C)CC1. The highest BCUT2D eigenvalue weighted by Gasteiger charge is 2.31. The van der Waals surface area contributed by atoms with Gasteiger partial charge in [-0.3, -0.25) is 4.79 Å². The summed E-state index contributed by atoms with van der Waals surface area (Å²) in [5, 5.41) is 0. The number of hydrogen-bond donors (Lipinski definition) is 0. The Morgan fingerprint density at radius 1 is 1.14 bits per heavy atom. The zero-order valence-electron chi connectivity index (χ0n) is 17.0. The molecular formula is C19H29N3O3S3. The Balaban J connectivity index is 1.93. The number of aryl methyl sites for hydroxylation is 2. The minimum Gasteiger partial charge on any atom is -0.358 e. The van der Waals surface area contributed by atoms with Gasteiger partial charge in [-0.2, -0.15) is 4.31 Å². The van der Waals surface area contributed by atoms with Gasteiger partial charge in [0.15, 0.2) is 0 Å². The fourth-order valence-electron chi connectivity index (χ4n) is 3.19. The van der Waals surface area contributed by atoms with E-state index in [1.54, 1.807) is 11.0 Å². The van der Waals surface area contributed by atoms with Gasteiger partial charge in [0.2, 0.25) is 15.9 Å². The number of thioether (sulfide) groups is 1. The molecule has 28 heavy (non-hydrogen) atoms. The zero-order valence-corrected chi connectivity index (χ0v) is 19.4. The van der Waals surface area contributed by atoms with Crippen LogP contribution < -0.4 is 0 Å². The molecule has 0 spiro atoms. The van der Waals surface area contributed by atoms with Crippen LogP contribution in [0.1, 0.15) is 25.0 Å². The Morgan fingerprint density at radius 2 is 1.75 bits per heavy atom.